The third-order valence-electron chi connectivity index (χ3n) is 2.93. The number of benzene rings is 1. The molecule has 0 spiro atoms. The van der Waals surface area contributed by atoms with E-state index in [0.717, 1.165) is 5.02 Å². The molecule has 1 heterocycles. The molecule has 0 bridgehead atoms. The number of fused-ring (bicyclic) bond motifs is 1. The quantitative estimate of drug-likeness (QED) is 0.649. The summed E-state index contributed by atoms with van der Waals surface area (Å²) < 4.78 is 2.09. The molecule has 0 aliphatic heterocycles. The van der Waals surface area contributed by atoms with Crippen LogP contribution in [0.25, 0.3) is 10.9 Å². The Balaban J connectivity index is 0.000000686. The molecule has 1 nitrogen and oxygen atoms in total. The number of hydrogen-bond donors (Lipinski definition) is 0. The number of nitrogens with zero attached hydrogens (tertiary/aromatic N) is 1. The Hall–Kier alpha value is -0.950. The summed E-state index contributed by atoms with van der Waals surface area (Å²) in [7, 11) is 2.04. The maximum Gasteiger partial charge on any atom is 0.0664 e. The van der Waals surface area contributed by atoms with Crippen molar-refractivity contribution in [3.63, 3.8) is 0 Å². The maximum absolute atomic E-state index is 6.19. The van der Waals surface area contributed by atoms with E-state index >= 15 is 0 Å². The molecule has 0 saturated carbocycles. The van der Waals surface area contributed by atoms with Crippen LogP contribution in [0.3, 0.4) is 0 Å². The van der Waals surface area contributed by atoms with Crippen LogP contribution in [0, 0.1) is 6.92 Å². The summed E-state index contributed by atoms with van der Waals surface area (Å²) >= 11 is 6.19. The van der Waals surface area contributed by atoms with E-state index in [-0.39, 0.29) is 0 Å². The Morgan fingerprint density at radius 2 is 1.76 bits per heavy atom. The number of aromatic nitrogens is 1. The van der Waals surface area contributed by atoms with Crippen molar-refractivity contribution in [1.29, 1.82) is 0 Å². The first-order valence-electron chi connectivity index (χ1n) is 6.25. The largest absolute Gasteiger partial charge is 0.349 e. The van der Waals surface area contributed by atoms with Crippen molar-refractivity contribution in [2.45, 2.75) is 40.5 Å². The van der Waals surface area contributed by atoms with Gasteiger partial charge in [-0.25, -0.2) is 0 Å². The summed E-state index contributed by atoms with van der Waals surface area (Å²) in [6.07, 6.45) is 1.98. The molecule has 0 unspecified atom stereocenters. The van der Waals surface area contributed by atoms with Gasteiger partial charge in [0.2, 0.25) is 0 Å². The van der Waals surface area contributed by atoms with Gasteiger partial charge in [-0.2, -0.15) is 0 Å². The van der Waals surface area contributed by atoms with Crippen LogP contribution in [0.4, 0.5) is 0 Å². The van der Waals surface area contributed by atoms with Crippen molar-refractivity contribution in [3.05, 3.63) is 34.5 Å². The molecule has 0 aliphatic rings. The van der Waals surface area contributed by atoms with E-state index in [1.807, 2.05) is 27.1 Å². The number of aryl methyl sites for hydroxylation is 2. The molecule has 2 aromatic rings. The van der Waals surface area contributed by atoms with Crippen LogP contribution in [0.5, 0.6) is 0 Å². The average molecular weight is 252 g/mol. The van der Waals surface area contributed by atoms with Crippen molar-refractivity contribution in [2.24, 2.45) is 7.05 Å². The lowest BCUT2D eigenvalue weighted by Crippen LogP contribution is -1.91. The molecule has 1 aromatic heterocycles. The first-order valence-corrected chi connectivity index (χ1v) is 6.63. The van der Waals surface area contributed by atoms with Gasteiger partial charge < -0.3 is 4.57 Å². The minimum atomic E-state index is 0.557. The van der Waals surface area contributed by atoms with Crippen molar-refractivity contribution in [3.8, 4) is 0 Å². The Labute approximate surface area is 109 Å². The van der Waals surface area contributed by atoms with E-state index < -0.39 is 0 Å². The molecule has 0 N–H and O–H groups in total. The molecule has 94 valence electrons. The van der Waals surface area contributed by atoms with Gasteiger partial charge in [0.05, 0.1) is 5.02 Å². The van der Waals surface area contributed by atoms with Gasteiger partial charge in [0, 0.05) is 24.1 Å². The molecular formula is C15H22ClN. The van der Waals surface area contributed by atoms with Gasteiger partial charge in [0.1, 0.15) is 0 Å². The Morgan fingerprint density at radius 3 is 2.29 bits per heavy atom. The lowest BCUT2D eigenvalue weighted by Gasteiger charge is -2.08. The van der Waals surface area contributed by atoms with Crippen LogP contribution < -0.4 is 0 Å². The molecule has 0 amide bonds. The Morgan fingerprint density at radius 1 is 1.18 bits per heavy atom. The second kappa shape index (κ2) is 5.59. The van der Waals surface area contributed by atoms with Crippen molar-refractivity contribution in [1.82, 2.24) is 4.57 Å². The third-order valence-corrected chi connectivity index (χ3v) is 3.22. The fourth-order valence-electron chi connectivity index (χ4n) is 2.02. The molecule has 1 aromatic carbocycles. The second-order valence-electron chi connectivity index (χ2n) is 4.47. The van der Waals surface area contributed by atoms with Crippen LogP contribution >= 0.6 is 11.6 Å². The van der Waals surface area contributed by atoms with E-state index in [2.05, 4.69) is 37.5 Å². The van der Waals surface area contributed by atoms with Gasteiger partial charge >= 0.3 is 0 Å². The predicted molar refractivity (Wildman–Crippen MR) is 78.1 cm³/mol. The zero-order valence-electron chi connectivity index (χ0n) is 11.6. The normalized spacial score (nSPS) is 10.6. The minimum Gasteiger partial charge on any atom is -0.349 e. The number of halogens is 1. The molecule has 0 aliphatic carbocycles. The SMILES string of the molecule is CC.Cc1cc(C(C)C)cc2c1c(Cl)cn2C. The van der Waals surface area contributed by atoms with Crippen molar-refractivity contribution >= 4 is 22.5 Å². The average Bonchev–Trinajstić information content (AvgIpc) is 2.57. The summed E-state index contributed by atoms with van der Waals surface area (Å²) in [5.41, 5.74) is 3.86. The first kappa shape index (κ1) is 14.1. The molecule has 17 heavy (non-hydrogen) atoms. The summed E-state index contributed by atoms with van der Waals surface area (Å²) in [6, 6.07) is 4.47. The Bertz CT molecular complexity index is 509. The summed E-state index contributed by atoms with van der Waals surface area (Å²) in [6.45, 7) is 10.6. The van der Waals surface area contributed by atoms with Crippen molar-refractivity contribution < 1.29 is 0 Å². The highest BCUT2D eigenvalue weighted by Crippen LogP contribution is 2.31. The highest BCUT2D eigenvalue weighted by molar-refractivity contribution is 6.35. The molecule has 0 saturated heterocycles. The van der Waals surface area contributed by atoms with Crippen molar-refractivity contribution in [2.75, 3.05) is 0 Å². The molecule has 2 rings (SSSR count). The van der Waals surface area contributed by atoms with Gasteiger partial charge in [-0.05, 0) is 30.0 Å². The van der Waals surface area contributed by atoms with Gasteiger partial charge in [0.25, 0.3) is 0 Å². The topological polar surface area (TPSA) is 4.93 Å². The van der Waals surface area contributed by atoms with E-state index in [9.17, 15) is 0 Å². The molecule has 0 fully saturated rings. The minimum absolute atomic E-state index is 0.557. The lowest BCUT2D eigenvalue weighted by atomic mass is 9.99. The third kappa shape index (κ3) is 2.66. The fraction of sp³-hybridized carbons (Fsp3) is 0.467. The summed E-state index contributed by atoms with van der Waals surface area (Å²) in [5.74, 6) is 0.557. The van der Waals surface area contributed by atoms with Gasteiger partial charge in [-0.1, -0.05) is 45.4 Å². The highest BCUT2D eigenvalue weighted by Gasteiger charge is 2.10. The Kier molecular flexibility index (Phi) is 4.64. The zero-order chi connectivity index (χ0) is 13.2. The van der Waals surface area contributed by atoms with Crippen LogP contribution in [0.2, 0.25) is 5.02 Å². The van der Waals surface area contributed by atoms with E-state index in [1.54, 1.807) is 0 Å². The number of hydrogen-bond acceptors (Lipinski definition) is 0. The molecule has 2 heteroatoms. The molecule has 0 atom stereocenters. The first-order chi connectivity index (χ1) is 8.00. The predicted octanol–water partition coefficient (Wildman–Crippen LogP) is 5.29. The van der Waals surface area contributed by atoms with Gasteiger partial charge in [0.15, 0.2) is 0 Å². The van der Waals surface area contributed by atoms with Crippen LogP contribution in [0.15, 0.2) is 18.3 Å². The van der Waals surface area contributed by atoms with Gasteiger partial charge in [-0.15, -0.1) is 0 Å². The lowest BCUT2D eigenvalue weighted by molar-refractivity contribution is 0.864. The van der Waals surface area contributed by atoms with E-state index in [4.69, 9.17) is 11.6 Å². The summed E-state index contributed by atoms with van der Waals surface area (Å²) in [5, 5.41) is 2.03. The van der Waals surface area contributed by atoms with E-state index in [1.165, 1.54) is 22.0 Å². The highest BCUT2D eigenvalue weighted by atomic mass is 35.5. The molecular weight excluding hydrogens is 230 g/mol. The fourth-order valence-corrected chi connectivity index (χ4v) is 2.41. The summed E-state index contributed by atoms with van der Waals surface area (Å²) in [4.78, 5) is 0. The maximum atomic E-state index is 6.19. The number of rotatable bonds is 1. The van der Waals surface area contributed by atoms with E-state index in [0.29, 0.717) is 5.92 Å². The zero-order valence-corrected chi connectivity index (χ0v) is 12.4. The van der Waals surface area contributed by atoms with Crippen LogP contribution in [-0.4, -0.2) is 4.57 Å². The standard InChI is InChI=1S/C13H16ClN.C2H6/c1-8(2)10-5-9(3)13-11(14)7-15(4)12(13)6-10;1-2/h5-8H,1-4H3;1-2H3. The smallest absolute Gasteiger partial charge is 0.0664 e. The second-order valence-corrected chi connectivity index (χ2v) is 4.88. The monoisotopic (exact) mass is 251 g/mol. The van der Waals surface area contributed by atoms with Crippen LogP contribution in [-0.2, 0) is 7.05 Å². The molecule has 0 radical (unpaired) electrons. The van der Waals surface area contributed by atoms with Crippen LogP contribution in [0.1, 0.15) is 44.7 Å². The van der Waals surface area contributed by atoms with Gasteiger partial charge in [-0.3, -0.25) is 0 Å².